The number of nitrogens with zero attached hydrogens (tertiary/aromatic N) is 2. The lowest BCUT2D eigenvalue weighted by molar-refractivity contribution is 0.0600. The highest BCUT2D eigenvalue weighted by atomic mass is 16.5. The van der Waals surface area contributed by atoms with Crippen LogP contribution < -0.4 is 4.74 Å². The molecule has 3 rings (SSSR count). The topological polar surface area (TPSA) is 42.0 Å². The Bertz CT molecular complexity index is 751. The zero-order chi connectivity index (χ0) is 19.6. The van der Waals surface area contributed by atoms with E-state index >= 15 is 0 Å². The molecule has 1 aliphatic heterocycles. The van der Waals surface area contributed by atoms with Crippen molar-refractivity contribution < 1.29 is 14.3 Å². The number of methoxy groups -OCH3 is 1. The number of carbonyl (C=O) groups is 1. The van der Waals surface area contributed by atoms with Gasteiger partial charge in [0.25, 0.3) is 0 Å². The fourth-order valence-electron chi connectivity index (χ4n) is 3.20. The molecular weight excluding hydrogens is 352 g/mol. The minimum atomic E-state index is -0.331. The monoisotopic (exact) mass is 380 g/mol. The molecule has 2 aromatic rings. The summed E-state index contributed by atoms with van der Waals surface area (Å²) in [6.45, 7) is 6.82. The van der Waals surface area contributed by atoms with Crippen LogP contribution in [0.15, 0.2) is 60.7 Å². The predicted octanol–water partition coefficient (Wildman–Crippen LogP) is 3.18. The molecule has 0 bridgehead atoms. The van der Waals surface area contributed by atoms with Crippen LogP contribution >= 0.6 is 0 Å². The summed E-state index contributed by atoms with van der Waals surface area (Å²) >= 11 is 0. The van der Waals surface area contributed by atoms with Crippen molar-refractivity contribution in [2.45, 2.75) is 0 Å². The van der Waals surface area contributed by atoms with Crippen LogP contribution in [0.5, 0.6) is 5.75 Å². The second kappa shape index (κ2) is 10.6. The number of rotatable bonds is 8. The number of hydrogen-bond donors (Lipinski definition) is 0. The second-order valence-corrected chi connectivity index (χ2v) is 6.82. The largest absolute Gasteiger partial charge is 0.492 e. The Morgan fingerprint density at radius 1 is 0.964 bits per heavy atom. The van der Waals surface area contributed by atoms with E-state index in [-0.39, 0.29) is 5.97 Å². The van der Waals surface area contributed by atoms with E-state index in [1.165, 1.54) is 12.7 Å². The van der Waals surface area contributed by atoms with Crippen LogP contribution in [0.3, 0.4) is 0 Å². The standard InChI is InChI=1S/C23H28N2O3/c1-27-23(26)21-9-11-22(12-10-21)28-19-18-25-16-14-24(15-17-25)13-5-8-20-6-3-2-4-7-20/h2-12H,13-19H2,1H3/b8-5+. The molecule has 0 unspecified atom stereocenters. The fourth-order valence-corrected chi connectivity index (χ4v) is 3.20. The van der Waals surface area contributed by atoms with Crippen molar-refractivity contribution in [2.75, 3.05) is 53.0 Å². The first-order chi connectivity index (χ1) is 13.7. The van der Waals surface area contributed by atoms with Crippen molar-refractivity contribution >= 4 is 12.0 Å². The van der Waals surface area contributed by atoms with Gasteiger partial charge in [0.15, 0.2) is 0 Å². The van der Waals surface area contributed by atoms with Crippen molar-refractivity contribution in [3.8, 4) is 5.75 Å². The molecule has 1 saturated heterocycles. The summed E-state index contributed by atoms with van der Waals surface area (Å²) in [6, 6.07) is 17.5. The maximum absolute atomic E-state index is 11.4. The molecule has 0 radical (unpaired) electrons. The molecule has 0 aliphatic carbocycles. The van der Waals surface area contributed by atoms with Crippen LogP contribution in [-0.4, -0.2) is 68.8 Å². The van der Waals surface area contributed by atoms with Crippen molar-refractivity contribution in [3.63, 3.8) is 0 Å². The van der Waals surface area contributed by atoms with Gasteiger partial charge in [-0.05, 0) is 29.8 Å². The third-order valence-electron chi connectivity index (χ3n) is 4.89. The summed E-state index contributed by atoms with van der Waals surface area (Å²) in [6.07, 6.45) is 4.43. The van der Waals surface area contributed by atoms with Crippen molar-refractivity contribution in [2.24, 2.45) is 0 Å². The Kier molecular flexibility index (Phi) is 7.64. The lowest BCUT2D eigenvalue weighted by Gasteiger charge is -2.34. The molecule has 0 saturated carbocycles. The maximum Gasteiger partial charge on any atom is 0.337 e. The van der Waals surface area contributed by atoms with E-state index in [1.807, 2.05) is 18.2 Å². The highest BCUT2D eigenvalue weighted by Crippen LogP contribution is 2.13. The van der Waals surface area contributed by atoms with E-state index in [1.54, 1.807) is 12.1 Å². The van der Waals surface area contributed by atoms with E-state index in [2.05, 4.69) is 46.2 Å². The van der Waals surface area contributed by atoms with Crippen molar-refractivity contribution in [1.29, 1.82) is 0 Å². The third-order valence-corrected chi connectivity index (χ3v) is 4.89. The number of esters is 1. The highest BCUT2D eigenvalue weighted by molar-refractivity contribution is 5.89. The van der Waals surface area contributed by atoms with Gasteiger partial charge in [-0.3, -0.25) is 9.80 Å². The average Bonchev–Trinajstić information content (AvgIpc) is 2.75. The minimum Gasteiger partial charge on any atom is -0.492 e. The van der Waals surface area contributed by atoms with Gasteiger partial charge in [0.05, 0.1) is 12.7 Å². The van der Waals surface area contributed by atoms with Gasteiger partial charge in [0, 0.05) is 39.3 Å². The summed E-state index contributed by atoms with van der Waals surface area (Å²) in [4.78, 5) is 16.3. The van der Waals surface area contributed by atoms with Crippen molar-refractivity contribution in [1.82, 2.24) is 9.80 Å². The minimum absolute atomic E-state index is 0.331. The van der Waals surface area contributed by atoms with Crippen LogP contribution in [0.1, 0.15) is 15.9 Å². The molecular formula is C23H28N2O3. The van der Waals surface area contributed by atoms with E-state index in [0.717, 1.165) is 45.0 Å². The Morgan fingerprint density at radius 3 is 2.32 bits per heavy atom. The van der Waals surface area contributed by atoms with Crippen molar-refractivity contribution in [3.05, 3.63) is 71.8 Å². The first-order valence-corrected chi connectivity index (χ1v) is 9.72. The van der Waals surface area contributed by atoms with Crippen LogP contribution in [0, 0.1) is 0 Å². The SMILES string of the molecule is COC(=O)c1ccc(OCCN2CCN(C/C=C/c3ccccc3)CC2)cc1. The molecule has 1 aliphatic rings. The molecule has 0 spiro atoms. The van der Waals surface area contributed by atoms with Crippen LogP contribution in [0.4, 0.5) is 0 Å². The summed E-state index contributed by atoms with van der Waals surface area (Å²) < 4.78 is 10.5. The van der Waals surface area contributed by atoms with E-state index in [4.69, 9.17) is 9.47 Å². The average molecular weight is 380 g/mol. The van der Waals surface area contributed by atoms with Gasteiger partial charge in [0.1, 0.15) is 12.4 Å². The van der Waals surface area contributed by atoms with E-state index in [9.17, 15) is 4.79 Å². The zero-order valence-electron chi connectivity index (χ0n) is 16.4. The Balaban J connectivity index is 1.32. The Labute approximate surface area is 167 Å². The summed E-state index contributed by atoms with van der Waals surface area (Å²) in [5, 5.41) is 0. The van der Waals surface area contributed by atoms with Gasteiger partial charge in [0.2, 0.25) is 0 Å². The normalized spacial score (nSPS) is 15.6. The molecule has 1 fully saturated rings. The summed E-state index contributed by atoms with van der Waals surface area (Å²) in [5.41, 5.74) is 1.78. The molecule has 28 heavy (non-hydrogen) atoms. The summed E-state index contributed by atoms with van der Waals surface area (Å²) in [5.74, 6) is 0.445. The smallest absolute Gasteiger partial charge is 0.337 e. The van der Waals surface area contributed by atoms with Gasteiger partial charge in [-0.25, -0.2) is 4.79 Å². The quantitative estimate of drug-likeness (QED) is 0.658. The van der Waals surface area contributed by atoms with Gasteiger partial charge >= 0.3 is 5.97 Å². The number of hydrogen-bond acceptors (Lipinski definition) is 5. The number of benzene rings is 2. The molecule has 5 heteroatoms. The van der Waals surface area contributed by atoms with Gasteiger partial charge < -0.3 is 9.47 Å². The fraction of sp³-hybridized carbons (Fsp3) is 0.348. The van der Waals surface area contributed by atoms with Gasteiger partial charge in [-0.15, -0.1) is 0 Å². The molecule has 0 N–H and O–H groups in total. The Morgan fingerprint density at radius 2 is 1.64 bits per heavy atom. The highest BCUT2D eigenvalue weighted by Gasteiger charge is 2.15. The lowest BCUT2D eigenvalue weighted by Crippen LogP contribution is -2.47. The molecule has 1 heterocycles. The van der Waals surface area contributed by atoms with Gasteiger partial charge in [-0.1, -0.05) is 42.5 Å². The van der Waals surface area contributed by atoms with Gasteiger partial charge in [-0.2, -0.15) is 0 Å². The predicted molar refractivity (Wildman–Crippen MR) is 112 cm³/mol. The lowest BCUT2D eigenvalue weighted by atomic mass is 10.2. The second-order valence-electron chi connectivity index (χ2n) is 6.82. The van der Waals surface area contributed by atoms with Crippen LogP contribution in [0.2, 0.25) is 0 Å². The number of carbonyl (C=O) groups excluding carboxylic acids is 1. The zero-order valence-corrected chi connectivity index (χ0v) is 16.4. The molecule has 0 atom stereocenters. The van der Waals surface area contributed by atoms with E-state index in [0.29, 0.717) is 12.2 Å². The molecule has 0 amide bonds. The maximum atomic E-state index is 11.4. The molecule has 2 aromatic carbocycles. The molecule has 148 valence electrons. The molecule has 0 aromatic heterocycles. The number of ether oxygens (including phenoxy) is 2. The first-order valence-electron chi connectivity index (χ1n) is 9.72. The van der Waals surface area contributed by atoms with Crippen LogP contribution in [-0.2, 0) is 4.74 Å². The Hall–Kier alpha value is -2.63. The molecule has 5 nitrogen and oxygen atoms in total. The summed E-state index contributed by atoms with van der Waals surface area (Å²) in [7, 11) is 1.38. The van der Waals surface area contributed by atoms with E-state index < -0.39 is 0 Å². The first kappa shape index (κ1) is 20.1. The van der Waals surface area contributed by atoms with Crippen LogP contribution in [0.25, 0.3) is 6.08 Å². The number of piperazine rings is 1. The third kappa shape index (κ3) is 6.22.